The molecule has 1 fully saturated rings. The van der Waals surface area contributed by atoms with Gasteiger partial charge in [-0.3, -0.25) is 19.2 Å². The van der Waals surface area contributed by atoms with Crippen LogP contribution in [0.15, 0.2) is 24.3 Å². The van der Waals surface area contributed by atoms with E-state index < -0.39 is 54.6 Å². The highest BCUT2D eigenvalue weighted by Crippen LogP contribution is 2.31. The van der Waals surface area contributed by atoms with E-state index in [1.165, 1.54) is 13.8 Å². The summed E-state index contributed by atoms with van der Waals surface area (Å²) in [6, 6.07) is 6.71. The van der Waals surface area contributed by atoms with Crippen molar-refractivity contribution in [2.45, 2.75) is 84.6 Å². The molecule has 1 saturated heterocycles. The zero-order valence-corrected chi connectivity index (χ0v) is 21.2. The van der Waals surface area contributed by atoms with Crippen molar-refractivity contribution in [1.82, 2.24) is 0 Å². The van der Waals surface area contributed by atoms with E-state index in [2.05, 4.69) is 6.92 Å². The molecular formula is C25H34O11. The number of esters is 4. The zero-order chi connectivity index (χ0) is 26.7. The van der Waals surface area contributed by atoms with Crippen molar-refractivity contribution in [3.05, 3.63) is 24.3 Å². The topological polar surface area (TPSA) is 133 Å². The van der Waals surface area contributed by atoms with Crippen LogP contribution < -0.4 is 9.47 Å². The predicted octanol–water partition coefficient (Wildman–Crippen LogP) is 2.72. The molecule has 0 saturated carbocycles. The molecular weight excluding hydrogens is 476 g/mol. The van der Waals surface area contributed by atoms with Crippen LogP contribution in [0.1, 0.15) is 53.9 Å². The van der Waals surface area contributed by atoms with Gasteiger partial charge in [0.05, 0.1) is 6.61 Å². The van der Waals surface area contributed by atoms with Crippen LogP contribution in [0.3, 0.4) is 0 Å². The van der Waals surface area contributed by atoms with Crippen LogP contribution >= 0.6 is 0 Å². The normalized spacial score (nSPS) is 23.2. The lowest BCUT2D eigenvalue weighted by Crippen LogP contribution is -2.63. The monoisotopic (exact) mass is 510 g/mol. The maximum absolute atomic E-state index is 11.9. The van der Waals surface area contributed by atoms with Crippen LogP contribution in [0, 0.1) is 0 Å². The Bertz CT molecular complexity index is 882. The molecule has 0 aromatic heterocycles. The highest BCUT2D eigenvalue weighted by molar-refractivity contribution is 5.68. The van der Waals surface area contributed by atoms with Crippen molar-refractivity contribution in [3.8, 4) is 11.5 Å². The van der Waals surface area contributed by atoms with Crippen molar-refractivity contribution >= 4 is 23.9 Å². The molecule has 5 atom stereocenters. The van der Waals surface area contributed by atoms with Crippen LogP contribution in [0.4, 0.5) is 0 Å². The second-order valence-corrected chi connectivity index (χ2v) is 8.21. The summed E-state index contributed by atoms with van der Waals surface area (Å²) in [7, 11) is 0. The Morgan fingerprint density at radius 3 is 1.86 bits per heavy atom. The molecule has 0 N–H and O–H groups in total. The number of ether oxygens (including phenoxy) is 7. The van der Waals surface area contributed by atoms with Gasteiger partial charge in [0.25, 0.3) is 0 Å². The SMILES string of the molecule is CCCCCOc1ccc(O[C@@H]2O[C@H](COC(C)=O)[C@@H](OC(C)=O)[C@H](OC(C)=O)[C@H]2OC(C)=O)cc1. The van der Waals surface area contributed by atoms with Gasteiger partial charge in [-0.15, -0.1) is 0 Å². The van der Waals surface area contributed by atoms with Crippen LogP contribution in [0.2, 0.25) is 0 Å². The number of unbranched alkanes of at least 4 members (excludes halogenated alkanes) is 2. The third-order valence-electron chi connectivity index (χ3n) is 5.04. The van der Waals surface area contributed by atoms with Gasteiger partial charge >= 0.3 is 23.9 Å². The Kier molecular flexibility index (Phi) is 11.5. The summed E-state index contributed by atoms with van der Waals surface area (Å²) in [5.74, 6) is -1.73. The van der Waals surface area contributed by atoms with Crippen molar-refractivity contribution in [1.29, 1.82) is 0 Å². The first-order chi connectivity index (χ1) is 17.1. The summed E-state index contributed by atoms with van der Waals surface area (Å²) in [4.78, 5) is 47.0. The van der Waals surface area contributed by atoms with Gasteiger partial charge in [-0.2, -0.15) is 0 Å². The van der Waals surface area contributed by atoms with Crippen LogP contribution in [-0.2, 0) is 42.9 Å². The molecule has 1 aromatic carbocycles. The molecule has 0 bridgehead atoms. The van der Waals surface area contributed by atoms with Gasteiger partial charge in [-0.1, -0.05) is 19.8 Å². The molecule has 36 heavy (non-hydrogen) atoms. The molecule has 0 amide bonds. The van der Waals surface area contributed by atoms with Gasteiger partial charge in [0.2, 0.25) is 12.4 Å². The summed E-state index contributed by atoms with van der Waals surface area (Å²) >= 11 is 0. The molecule has 0 unspecified atom stereocenters. The second-order valence-electron chi connectivity index (χ2n) is 8.21. The van der Waals surface area contributed by atoms with Crippen molar-refractivity contribution in [2.24, 2.45) is 0 Å². The van der Waals surface area contributed by atoms with E-state index in [1.54, 1.807) is 24.3 Å². The molecule has 0 aliphatic carbocycles. The van der Waals surface area contributed by atoms with E-state index in [4.69, 9.17) is 33.2 Å². The molecule has 0 radical (unpaired) electrons. The Labute approximate surface area is 210 Å². The summed E-state index contributed by atoms with van der Waals surface area (Å²) < 4.78 is 38.7. The fourth-order valence-electron chi connectivity index (χ4n) is 3.57. The second kappa shape index (κ2) is 14.3. The highest BCUT2D eigenvalue weighted by Gasteiger charge is 2.53. The van der Waals surface area contributed by atoms with Crippen molar-refractivity contribution in [3.63, 3.8) is 0 Å². The Morgan fingerprint density at radius 1 is 0.750 bits per heavy atom. The van der Waals surface area contributed by atoms with Gasteiger partial charge in [0.1, 0.15) is 24.2 Å². The number of carbonyl (C=O) groups excluding carboxylic acids is 4. The van der Waals surface area contributed by atoms with Crippen molar-refractivity contribution < 1.29 is 52.3 Å². The van der Waals surface area contributed by atoms with E-state index >= 15 is 0 Å². The Hall–Kier alpha value is -3.34. The van der Waals surface area contributed by atoms with Gasteiger partial charge in [0.15, 0.2) is 12.2 Å². The lowest BCUT2D eigenvalue weighted by atomic mass is 9.98. The molecule has 1 aliphatic rings. The fourth-order valence-corrected chi connectivity index (χ4v) is 3.57. The average molecular weight is 511 g/mol. The van der Waals surface area contributed by atoms with Gasteiger partial charge in [-0.25, -0.2) is 0 Å². The quantitative estimate of drug-likeness (QED) is 0.233. The van der Waals surface area contributed by atoms with Crippen LogP contribution in [0.25, 0.3) is 0 Å². The van der Waals surface area contributed by atoms with E-state index in [1.807, 2.05) is 0 Å². The maximum Gasteiger partial charge on any atom is 0.303 e. The minimum absolute atomic E-state index is 0.331. The first-order valence-corrected chi connectivity index (χ1v) is 11.8. The van der Waals surface area contributed by atoms with Crippen molar-refractivity contribution in [2.75, 3.05) is 13.2 Å². The number of rotatable bonds is 12. The largest absolute Gasteiger partial charge is 0.494 e. The first-order valence-electron chi connectivity index (χ1n) is 11.8. The smallest absolute Gasteiger partial charge is 0.303 e. The van der Waals surface area contributed by atoms with E-state index in [9.17, 15) is 19.2 Å². The summed E-state index contributed by atoms with van der Waals surface area (Å²) in [6.07, 6.45) is -3.10. The molecule has 0 spiro atoms. The van der Waals surface area contributed by atoms with Gasteiger partial charge < -0.3 is 33.2 Å². The molecule has 2 rings (SSSR count). The van der Waals surface area contributed by atoms with Crippen LogP contribution in [0.5, 0.6) is 11.5 Å². The predicted molar refractivity (Wildman–Crippen MR) is 124 cm³/mol. The average Bonchev–Trinajstić information content (AvgIpc) is 2.79. The number of hydrogen-bond donors (Lipinski definition) is 0. The minimum atomic E-state index is -1.30. The highest BCUT2D eigenvalue weighted by atomic mass is 16.7. The lowest BCUT2D eigenvalue weighted by Gasteiger charge is -2.43. The number of benzene rings is 1. The first kappa shape index (κ1) is 28.9. The lowest BCUT2D eigenvalue weighted by molar-refractivity contribution is -0.288. The minimum Gasteiger partial charge on any atom is -0.494 e. The third-order valence-corrected chi connectivity index (χ3v) is 5.04. The maximum atomic E-state index is 11.9. The summed E-state index contributed by atoms with van der Waals surface area (Å²) in [5, 5.41) is 0. The summed E-state index contributed by atoms with van der Waals surface area (Å²) in [6.45, 7) is 7.05. The third kappa shape index (κ3) is 9.37. The molecule has 1 aromatic rings. The van der Waals surface area contributed by atoms with E-state index in [-0.39, 0.29) is 6.61 Å². The molecule has 11 heteroatoms. The molecule has 1 heterocycles. The standard InChI is InChI=1S/C25H34O11/c1-6-7-8-13-30-19-9-11-20(12-10-19)35-25-24(34-18(5)29)23(33-17(4)28)22(32-16(3)27)21(36-25)14-31-15(2)26/h9-12,21-25H,6-8,13-14H2,1-5H3/t21-,22-,23+,24-,25-/m1/s1. The van der Waals surface area contributed by atoms with Gasteiger partial charge in [-0.05, 0) is 30.7 Å². The Balaban J connectivity index is 2.30. The molecule has 200 valence electrons. The molecule has 11 nitrogen and oxygen atoms in total. The van der Waals surface area contributed by atoms with E-state index in [0.29, 0.717) is 18.1 Å². The number of hydrogen-bond acceptors (Lipinski definition) is 11. The van der Waals surface area contributed by atoms with E-state index in [0.717, 1.165) is 33.1 Å². The van der Waals surface area contributed by atoms with Crippen LogP contribution in [-0.4, -0.2) is 67.8 Å². The summed E-state index contributed by atoms with van der Waals surface area (Å²) in [5.41, 5.74) is 0. The Morgan fingerprint density at radius 2 is 1.31 bits per heavy atom. The number of carbonyl (C=O) groups is 4. The fraction of sp³-hybridized carbons (Fsp3) is 0.600. The molecule has 1 aliphatic heterocycles. The zero-order valence-electron chi connectivity index (χ0n) is 21.2. The van der Waals surface area contributed by atoms with Gasteiger partial charge in [0, 0.05) is 27.7 Å².